The van der Waals surface area contributed by atoms with E-state index in [4.69, 9.17) is 4.52 Å². The van der Waals surface area contributed by atoms with E-state index in [0.717, 1.165) is 5.56 Å². The highest BCUT2D eigenvalue weighted by Crippen LogP contribution is 2.17. The lowest BCUT2D eigenvalue weighted by atomic mass is 10.2. The summed E-state index contributed by atoms with van der Waals surface area (Å²) in [7, 11) is 0. The van der Waals surface area contributed by atoms with Crippen LogP contribution >= 0.6 is 0 Å². The molecule has 0 aliphatic heterocycles. The Kier molecular flexibility index (Phi) is 3.01. The first kappa shape index (κ1) is 12.1. The molecule has 0 saturated carbocycles. The zero-order valence-corrected chi connectivity index (χ0v) is 10.3. The van der Waals surface area contributed by atoms with Gasteiger partial charge < -0.3 is 9.51 Å². The van der Waals surface area contributed by atoms with Crippen molar-refractivity contribution >= 4 is 11.8 Å². The Hall–Kier alpha value is -2.37. The highest BCUT2D eigenvalue weighted by Gasteiger charge is 2.15. The Morgan fingerprint density at radius 2 is 2.11 bits per heavy atom. The van der Waals surface area contributed by atoms with Crippen LogP contribution in [0.15, 0.2) is 21.6 Å². The van der Waals surface area contributed by atoms with Crippen LogP contribution < -0.4 is 10.7 Å². The van der Waals surface area contributed by atoms with Gasteiger partial charge in [0.05, 0.1) is 5.69 Å². The summed E-state index contributed by atoms with van der Waals surface area (Å²) in [5.74, 6) is -0.257. The number of carbonyl (C=O) groups is 1. The first-order valence-electron chi connectivity index (χ1n) is 5.42. The molecule has 6 heteroatoms. The summed E-state index contributed by atoms with van der Waals surface area (Å²) in [4.78, 5) is 26.3. The second-order valence-electron chi connectivity index (χ2n) is 4.07. The molecule has 94 valence electrons. The maximum atomic E-state index is 11.9. The van der Waals surface area contributed by atoms with Crippen LogP contribution in [-0.2, 0) is 0 Å². The van der Waals surface area contributed by atoms with E-state index in [1.165, 1.54) is 12.3 Å². The third-order valence-corrected chi connectivity index (χ3v) is 2.69. The van der Waals surface area contributed by atoms with Crippen molar-refractivity contribution in [2.75, 3.05) is 5.32 Å². The predicted octanol–water partition coefficient (Wildman–Crippen LogP) is 1.54. The number of nitrogens with zero attached hydrogens (tertiary/aromatic N) is 1. The summed E-state index contributed by atoms with van der Waals surface area (Å²) in [6, 6.07) is 1.37. The molecule has 2 aromatic heterocycles. The third-order valence-electron chi connectivity index (χ3n) is 2.69. The molecule has 0 bridgehead atoms. The summed E-state index contributed by atoms with van der Waals surface area (Å²) in [5, 5.41) is 6.24. The number of nitrogens with one attached hydrogen (secondary N) is 2. The number of aryl methyl sites for hydroxylation is 2. The standard InChI is InChI=1S/C12H13N3O3/c1-6-4-10(16)9(5-13-6)11(17)14-12-7(2)8(3)15-18-12/h4-5H,1-3H3,(H,13,16)(H,14,17). The number of aromatic nitrogens is 2. The smallest absolute Gasteiger partial charge is 0.263 e. The highest BCUT2D eigenvalue weighted by atomic mass is 16.5. The molecule has 0 spiro atoms. The minimum atomic E-state index is -0.518. The molecule has 0 atom stereocenters. The molecule has 18 heavy (non-hydrogen) atoms. The van der Waals surface area contributed by atoms with Gasteiger partial charge in [-0.1, -0.05) is 5.16 Å². The Labute approximate surface area is 103 Å². The second-order valence-corrected chi connectivity index (χ2v) is 4.07. The number of H-pyrrole nitrogens is 1. The van der Waals surface area contributed by atoms with Gasteiger partial charge in [0, 0.05) is 23.5 Å². The van der Waals surface area contributed by atoms with E-state index in [-0.39, 0.29) is 16.9 Å². The van der Waals surface area contributed by atoms with Crippen molar-refractivity contribution in [2.24, 2.45) is 0 Å². The number of carbonyl (C=O) groups excluding carboxylic acids is 1. The first-order chi connectivity index (χ1) is 8.49. The van der Waals surface area contributed by atoms with Crippen LogP contribution in [0.25, 0.3) is 0 Å². The van der Waals surface area contributed by atoms with Crippen molar-refractivity contribution in [2.45, 2.75) is 20.8 Å². The lowest BCUT2D eigenvalue weighted by molar-refractivity contribution is 0.102. The van der Waals surface area contributed by atoms with Gasteiger partial charge in [0.2, 0.25) is 5.88 Å². The first-order valence-corrected chi connectivity index (χ1v) is 5.42. The molecular formula is C12H13N3O3. The number of hydrogen-bond donors (Lipinski definition) is 2. The van der Waals surface area contributed by atoms with Gasteiger partial charge in [-0.05, 0) is 20.8 Å². The van der Waals surface area contributed by atoms with Crippen molar-refractivity contribution < 1.29 is 9.32 Å². The zero-order chi connectivity index (χ0) is 13.3. The largest absolute Gasteiger partial charge is 0.364 e. The van der Waals surface area contributed by atoms with Gasteiger partial charge in [0.25, 0.3) is 5.91 Å². The lowest BCUT2D eigenvalue weighted by Gasteiger charge is -2.02. The fourth-order valence-electron chi connectivity index (χ4n) is 1.45. The summed E-state index contributed by atoms with van der Waals surface area (Å²) < 4.78 is 4.96. The quantitative estimate of drug-likeness (QED) is 0.842. The van der Waals surface area contributed by atoms with Crippen LogP contribution in [0, 0.1) is 20.8 Å². The molecule has 0 aliphatic carbocycles. The molecule has 1 amide bonds. The Morgan fingerprint density at radius 3 is 2.67 bits per heavy atom. The highest BCUT2D eigenvalue weighted by molar-refractivity contribution is 6.03. The molecule has 0 saturated heterocycles. The molecule has 2 aromatic rings. The van der Waals surface area contributed by atoms with E-state index in [0.29, 0.717) is 11.4 Å². The SMILES string of the molecule is Cc1cc(=O)c(C(=O)Nc2onc(C)c2C)c[nH]1. The van der Waals surface area contributed by atoms with E-state index in [1.807, 2.05) is 0 Å². The van der Waals surface area contributed by atoms with Gasteiger partial charge in [-0.3, -0.25) is 14.9 Å². The van der Waals surface area contributed by atoms with Crippen molar-refractivity contribution in [1.29, 1.82) is 0 Å². The number of pyridine rings is 1. The van der Waals surface area contributed by atoms with Gasteiger partial charge in [-0.25, -0.2) is 0 Å². The maximum Gasteiger partial charge on any atom is 0.263 e. The van der Waals surface area contributed by atoms with Crippen LogP contribution in [-0.4, -0.2) is 16.0 Å². The van der Waals surface area contributed by atoms with E-state index in [2.05, 4.69) is 15.5 Å². The Morgan fingerprint density at radius 1 is 1.39 bits per heavy atom. The number of rotatable bonds is 2. The van der Waals surface area contributed by atoms with E-state index in [9.17, 15) is 9.59 Å². The van der Waals surface area contributed by atoms with Crippen LogP contribution in [0.1, 0.15) is 27.3 Å². The number of hydrogen-bond acceptors (Lipinski definition) is 4. The second kappa shape index (κ2) is 4.48. The van der Waals surface area contributed by atoms with Crippen LogP contribution in [0.4, 0.5) is 5.88 Å². The molecule has 0 fully saturated rings. The molecule has 6 nitrogen and oxygen atoms in total. The van der Waals surface area contributed by atoms with Crippen LogP contribution in [0.3, 0.4) is 0 Å². The fourth-order valence-corrected chi connectivity index (χ4v) is 1.45. The normalized spacial score (nSPS) is 10.4. The van der Waals surface area contributed by atoms with Crippen molar-refractivity contribution in [3.8, 4) is 0 Å². The van der Waals surface area contributed by atoms with Crippen LogP contribution in [0.2, 0.25) is 0 Å². The summed E-state index contributed by atoms with van der Waals surface area (Å²) in [5.41, 5.74) is 1.84. The minimum Gasteiger partial charge on any atom is -0.364 e. The van der Waals surface area contributed by atoms with E-state index >= 15 is 0 Å². The van der Waals surface area contributed by atoms with Gasteiger partial charge in [0.1, 0.15) is 5.56 Å². The molecular weight excluding hydrogens is 234 g/mol. The van der Waals surface area contributed by atoms with Crippen LogP contribution in [0.5, 0.6) is 0 Å². The van der Waals surface area contributed by atoms with Gasteiger partial charge in [-0.2, -0.15) is 0 Å². The molecule has 2 heterocycles. The molecule has 0 aromatic carbocycles. The minimum absolute atomic E-state index is 0.0362. The molecule has 2 rings (SSSR count). The molecule has 0 radical (unpaired) electrons. The number of anilines is 1. The Bertz CT molecular complexity index is 655. The number of aromatic amines is 1. The predicted molar refractivity (Wildman–Crippen MR) is 65.7 cm³/mol. The monoisotopic (exact) mass is 247 g/mol. The molecule has 0 aliphatic rings. The maximum absolute atomic E-state index is 11.9. The van der Waals surface area contributed by atoms with Gasteiger partial charge in [-0.15, -0.1) is 0 Å². The fraction of sp³-hybridized carbons (Fsp3) is 0.250. The lowest BCUT2D eigenvalue weighted by Crippen LogP contribution is -2.21. The van der Waals surface area contributed by atoms with Crippen molar-refractivity contribution in [1.82, 2.24) is 10.1 Å². The average Bonchev–Trinajstić information content (AvgIpc) is 2.61. The third kappa shape index (κ3) is 2.17. The van der Waals surface area contributed by atoms with E-state index in [1.54, 1.807) is 20.8 Å². The molecule has 2 N–H and O–H groups in total. The van der Waals surface area contributed by atoms with Gasteiger partial charge in [0.15, 0.2) is 5.43 Å². The summed E-state index contributed by atoms with van der Waals surface area (Å²) in [6.07, 6.45) is 1.38. The van der Waals surface area contributed by atoms with Crippen molar-refractivity contribution in [3.05, 3.63) is 45.0 Å². The topological polar surface area (TPSA) is 88.0 Å². The Balaban J connectivity index is 2.28. The zero-order valence-electron chi connectivity index (χ0n) is 10.3. The van der Waals surface area contributed by atoms with Gasteiger partial charge >= 0.3 is 0 Å². The summed E-state index contributed by atoms with van der Waals surface area (Å²) >= 11 is 0. The molecule has 0 unspecified atom stereocenters. The average molecular weight is 247 g/mol. The van der Waals surface area contributed by atoms with E-state index < -0.39 is 5.91 Å². The number of amides is 1. The van der Waals surface area contributed by atoms with Crippen molar-refractivity contribution in [3.63, 3.8) is 0 Å². The summed E-state index contributed by atoms with van der Waals surface area (Å²) in [6.45, 7) is 5.29.